The number of carbonyl (C=O) groups excluding carboxylic acids is 1. The number of nitrogens with zero attached hydrogens (tertiary/aromatic N) is 4. The molecule has 2 aliphatic heterocycles. The minimum Gasteiger partial charge on any atom is -0.395 e. The van der Waals surface area contributed by atoms with Gasteiger partial charge in [0.05, 0.1) is 30.6 Å². The first-order chi connectivity index (χ1) is 19.1. The number of pyridine rings is 2. The van der Waals surface area contributed by atoms with Crippen molar-refractivity contribution in [2.24, 2.45) is 5.41 Å². The van der Waals surface area contributed by atoms with E-state index >= 15 is 0 Å². The number of aromatic nitrogens is 2. The van der Waals surface area contributed by atoms with Crippen LogP contribution >= 0.6 is 11.8 Å². The van der Waals surface area contributed by atoms with Gasteiger partial charge in [0.1, 0.15) is 22.7 Å². The van der Waals surface area contributed by atoms with Crippen molar-refractivity contribution in [3.63, 3.8) is 0 Å². The standard InChI is InChI=1S/C27H38N6O5S2/c1-18-16-33(12-13-38-18)25-22(39-3)4-5-23(29-25)30-26(35)20-15-28-24(31-40(36,37)19(2)17-34)14-21(20)32-10-8-27(6-7-27)9-11-32/h4-5,14-15,18-19,34H,6-13,16-17H2,1-3H3,(H,28,31)(H,29,30,35)/t18-,19+/m1/s1. The van der Waals surface area contributed by atoms with Crippen molar-refractivity contribution < 1.29 is 23.1 Å². The average Bonchev–Trinajstić information content (AvgIpc) is 3.71. The van der Waals surface area contributed by atoms with E-state index in [1.165, 1.54) is 26.0 Å². The Morgan fingerprint density at radius 3 is 2.60 bits per heavy atom. The van der Waals surface area contributed by atoms with E-state index in [2.05, 4.69) is 24.8 Å². The molecule has 11 nitrogen and oxygen atoms in total. The molecule has 218 valence electrons. The first-order valence-electron chi connectivity index (χ1n) is 13.7. The van der Waals surface area contributed by atoms with Crippen molar-refractivity contribution in [2.45, 2.75) is 55.8 Å². The lowest BCUT2D eigenvalue weighted by Gasteiger charge is -2.35. The van der Waals surface area contributed by atoms with Gasteiger partial charge in [0.15, 0.2) is 0 Å². The number of thioether (sulfide) groups is 1. The Morgan fingerprint density at radius 1 is 1.20 bits per heavy atom. The van der Waals surface area contributed by atoms with Gasteiger partial charge in [-0.25, -0.2) is 18.4 Å². The second kappa shape index (κ2) is 11.7. The highest BCUT2D eigenvalue weighted by atomic mass is 32.2. The number of sulfonamides is 1. The molecule has 2 saturated heterocycles. The van der Waals surface area contributed by atoms with Crippen LogP contribution in [0.5, 0.6) is 0 Å². The number of hydrogen-bond donors (Lipinski definition) is 3. The highest BCUT2D eigenvalue weighted by Gasteiger charge is 2.44. The summed E-state index contributed by atoms with van der Waals surface area (Å²) >= 11 is 1.60. The Kier molecular flexibility index (Phi) is 8.46. The topological polar surface area (TPSA) is 137 Å². The molecule has 2 aromatic rings. The number of rotatable bonds is 9. The van der Waals surface area contributed by atoms with Crippen molar-refractivity contribution in [1.29, 1.82) is 0 Å². The van der Waals surface area contributed by atoms with Crippen LogP contribution in [0.25, 0.3) is 0 Å². The Labute approximate surface area is 240 Å². The number of hydrogen-bond acceptors (Lipinski definition) is 10. The zero-order chi connectivity index (χ0) is 28.5. The maximum absolute atomic E-state index is 13.6. The van der Waals surface area contributed by atoms with Crippen LogP contribution in [-0.2, 0) is 14.8 Å². The molecule has 3 fully saturated rings. The molecule has 2 aromatic heterocycles. The predicted molar refractivity (Wildman–Crippen MR) is 158 cm³/mol. The van der Waals surface area contributed by atoms with Gasteiger partial charge in [0.25, 0.3) is 5.91 Å². The number of ether oxygens (including phenoxy) is 1. The maximum atomic E-state index is 13.6. The lowest BCUT2D eigenvalue weighted by atomic mass is 9.93. The fourth-order valence-electron chi connectivity index (χ4n) is 5.27. The summed E-state index contributed by atoms with van der Waals surface area (Å²) in [7, 11) is -3.83. The van der Waals surface area contributed by atoms with E-state index in [0.29, 0.717) is 29.1 Å². The molecular weight excluding hydrogens is 552 g/mol. The van der Waals surface area contributed by atoms with Gasteiger partial charge >= 0.3 is 0 Å². The third-order valence-corrected chi connectivity index (χ3v) is 10.6. The molecule has 1 spiro atoms. The second-order valence-electron chi connectivity index (χ2n) is 11.0. The summed E-state index contributed by atoms with van der Waals surface area (Å²) in [4.78, 5) is 28.0. The minimum absolute atomic E-state index is 0.0905. The van der Waals surface area contributed by atoms with Crippen LogP contribution in [0.3, 0.4) is 0 Å². The molecule has 4 heterocycles. The third kappa shape index (κ3) is 6.32. The predicted octanol–water partition coefficient (Wildman–Crippen LogP) is 3.18. The van der Waals surface area contributed by atoms with Crippen LogP contribution in [0, 0.1) is 5.41 Å². The van der Waals surface area contributed by atoms with Crippen LogP contribution in [-0.4, -0.2) is 86.4 Å². The van der Waals surface area contributed by atoms with Crippen LogP contribution in [0.2, 0.25) is 0 Å². The summed E-state index contributed by atoms with van der Waals surface area (Å²) in [6, 6.07) is 5.37. The second-order valence-corrected chi connectivity index (χ2v) is 14.0. The van der Waals surface area contributed by atoms with Crippen LogP contribution in [0.1, 0.15) is 49.9 Å². The van der Waals surface area contributed by atoms with E-state index in [9.17, 15) is 18.3 Å². The molecule has 1 aliphatic carbocycles. The van der Waals surface area contributed by atoms with Crippen molar-refractivity contribution in [2.75, 3.05) is 65.5 Å². The van der Waals surface area contributed by atoms with Gasteiger partial charge < -0.3 is 25.0 Å². The monoisotopic (exact) mass is 590 g/mol. The first kappa shape index (κ1) is 28.9. The number of aliphatic hydroxyl groups excluding tert-OH is 1. The van der Waals surface area contributed by atoms with Crippen LogP contribution in [0.15, 0.2) is 29.3 Å². The molecule has 2 atom stereocenters. The van der Waals surface area contributed by atoms with Crippen molar-refractivity contribution in [3.8, 4) is 0 Å². The molecule has 1 saturated carbocycles. The molecule has 3 aliphatic rings. The molecular formula is C27H38N6O5S2. The highest BCUT2D eigenvalue weighted by Crippen LogP contribution is 2.54. The molecule has 0 bridgehead atoms. The number of amides is 1. The number of piperidine rings is 1. The van der Waals surface area contributed by atoms with E-state index < -0.39 is 21.9 Å². The molecule has 0 unspecified atom stereocenters. The Morgan fingerprint density at radius 2 is 1.95 bits per heavy atom. The zero-order valence-corrected chi connectivity index (χ0v) is 24.9. The smallest absolute Gasteiger partial charge is 0.260 e. The summed E-state index contributed by atoms with van der Waals surface area (Å²) in [6.07, 6.45) is 8.08. The summed E-state index contributed by atoms with van der Waals surface area (Å²) in [6.45, 7) is 6.56. The molecule has 13 heteroatoms. The molecule has 0 aromatic carbocycles. The van der Waals surface area contributed by atoms with E-state index in [-0.39, 0.29) is 17.8 Å². The highest BCUT2D eigenvalue weighted by molar-refractivity contribution is 7.98. The van der Waals surface area contributed by atoms with Gasteiger partial charge in [-0.2, -0.15) is 0 Å². The average molecular weight is 591 g/mol. The summed E-state index contributed by atoms with van der Waals surface area (Å²) in [5, 5.41) is 11.3. The summed E-state index contributed by atoms with van der Waals surface area (Å²) in [5.41, 5.74) is 1.41. The Hall–Kier alpha value is -2.61. The zero-order valence-electron chi connectivity index (χ0n) is 23.2. The number of aliphatic hydroxyl groups is 1. The third-order valence-electron chi connectivity index (χ3n) is 8.12. The maximum Gasteiger partial charge on any atom is 0.260 e. The summed E-state index contributed by atoms with van der Waals surface area (Å²) < 4.78 is 33.3. The molecule has 3 N–H and O–H groups in total. The normalized spacial score (nSPS) is 21.2. The number of carbonyl (C=O) groups is 1. The Balaban J connectivity index is 1.42. The van der Waals surface area contributed by atoms with E-state index in [0.717, 1.165) is 49.7 Å². The van der Waals surface area contributed by atoms with Crippen molar-refractivity contribution >= 4 is 50.8 Å². The Bertz CT molecular complexity index is 1340. The van der Waals surface area contributed by atoms with Gasteiger partial charge in [-0.1, -0.05) is 0 Å². The molecule has 0 radical (unpaired) electrons. The molecule has 1 amide bonds. The fourth-order valence-corrected chi connectivity index (χ4v) is 6.63. The van der Waals surface area contributed by atoms with E-state index in [4.69, 9.17) is 9.72 Å². The van der Waals surface area contributed by atoms with Gasteiger partial charge in [0.2, 0.25) is 10.0 Å². The molecule has 40 heavy (non-hydrogen) atoms. The van der Waals surface area contributed by atoms with Gasteiger partial charge in [-0.05, 0) is 63.3 Å². The van der Waals surface area contributed by atoms with Crippen LogP contribution < -0.4 is 19.8 Å². The quantitative estimate of drug-likeness (QED) is 0.374. The largest absolute Gasteiger partial charge is 0.395 e. The number of nitrogens with one attached hydrogen (secondary N) is 2. The number of anilines is 4. The first-order valence-corrected chi connectivity index (χ1v) is 16.5. The minimum atomic E-state index is -3.83. The van der Waals surface area contributed by atoms with Crippen molar-refractivity contribution in [1.82, 2.24) is 9.97 Å². The van der Waals surface area contributed by atoms with Crippen LogP contribution in [0.4, 0.5) is 23.1 Å². The lowest BCUT2D eigenvalue weighted by molar-refractivity contribution is 0.0527. The van der Waals surface area contributed by atoms with E-state index in [1.807, 2.05) is 19.2 Å². The van der Waals surface area contributed by atoms with Gasteiger partial charge in [-0.3, -0.25) is 9.52 Å². The van der Waals surface area contributed by atoms with Gasteiger partial charge in [0, 0.05) is 43.3 Å². The lowest BCUT2D eigenvalue weighted by Crippen LogP contribution is -2.41. The van der Waals surface area contributed by atoms with Crippen molar-refractivity contribution in [3.05, 3.63) is 30.0 Å². The fraction of sp³-hybridized carbons (Fsp3) is 0.593. The SMILES string of the molecule is CSc1ccc(NC(=O)c2cnc(NS(=O)(=O)[C@@H](C)CO)cc2N2CCC3(CC2)CC3)nc1N1CCO[C@H](C)C1. The summed E-state index contributed by atoms with van der Waals surface area (Å²) in [5.74, 6) is 0.995. The van der Waals surface area contributed by atoms with Gasteiger partial charge in [-0.15, -0.1) is 11.8 Å². The van der Waals surface area contributed by atoms with E-state index in [1.54, 1.807) is 23.9 Å². The molecule has 5 rings (SSSR count). The number of morpholine rings is 1.